The van der Waals surface area contributed by atoms with E-state index >= 15 is 0 Å². The summed E-state index contributed by atoms with van der Waals surface area (Å²) < 4.78 is 10.9. The van der Waals surface area contributed by atoms with Crippen molar-refractivity contribution in [3.05, 3.63) is 70.3 Å². The van der Waals surface area contributed by atoms with E-state index in [0.717, 1.165) is 24.8 Å². The van der Waals surface area contributed by atoms with E-state index < -0.39 is 17.1 Å². The number of nitro benzene ring substituents is 1. The number of ether oxygens (including phenoxy) is 2. The van der Waals surface area contributed by atoms with E-state index in [9.17, 15) is 19.7 Å². The highest BCUT2D eigenvalue weighted by molar-refractivity contribution is 5.71. The lowest BCUT2D eigenvalue weighted by Gasteiger charge is -2.42. The molecule has 35 heavy (non-hydrogen) atoms. The van der Waals surface area contributed by atoms with E-state index in [0.29, 0.717) is 19.0 Å². The molecule has 0 aromatic heterocycles. The van der Waals surface area contributed by atoms with Crippen LogP contribution in [0.4, 0.5) is 15.3 Å². The number of hydrogen-bond acceptors (Lipinski definition) is 6. The number of likely N-dealkylation sites (tertiary alicyclic amines) is 1. The predicted octanol–water partition coefficient (Wildman–Crippen LogP) is 5.29. The van der Waals surface area contributed by atoms with Crippen LogP contribution in [0.15, 0.2) is 54.6 Å². The zero-order valence-electron chi connectivity index (χ0n) is 19.6. The minimum Gasteiger partial charge on any atom is -0.445 e. The first kappa shape index (κ1) is 24.5. The van der Waals surface area contributed by atoms with Gasteiger partial charge in [0.25, 0.3) is 5.69 Å². The maximum Gasteiger partial charge on any atom is 0.412 e. The van der Waals surface area contributed by atoms with Gasteiger partial charge in [0.1, 0.15) is 12.4 Å². The Bertz CT molecular complexity index is 1010. The molecule has 0 bridgehead atoms. The highest BCUT2D eigenvalue weighted by atomic mass is 16.6. The normalized spacial score (nSPS) is 20.6. The third-order valence-electron chi connectivity index (χ3n) is 6.95. The molecule has 9 heteroatoms. The van der Waals surface area contributed by atoms with Crippen LogP contribution in [0.3, 0.4) is 0 Å². The Balaban J connectivity index is 1.39. The lowest BCUT2D eigenvalue weighted by Crippen LogP contribution is -2.56. The molecule has 0 spiro atoms. The van der Waals surface area contributed by atoms with E-state index in [1.54, 1.807) is 4.90 Å². The van der Waals surface area contributed by atoms with E-state index in [-0.39, 0.29) is 30.0 Å². The summed E-state index contributed by atoms with van der Waals surface area (Å²) in [5.41, 5.74) is 0.839. The molecule has 2 fully saturated rings. The Hall–Kier alpha value is -3.62. The second-order valence-electron chi connectivity index (χ2n) is 9.23. The number of benzene rings is 2. The summed E-state index contributed by atoms with van der Waals surface area (Å²) in [6.45, 7) is 1.14. The van der Waals surface area contributed by atoms with Gasteiger partial charge in [-0.15, -0.1) is 0 Å². The number of rotatable bonds is 6. The number of carbonyl (C=O) groups excluding carboxylic acids is 2. The molecule has 2 aromatic carbocycles. The smallest absolute Gasteiger partial charge is 0.412 e. The summed E-state index contributed by atoms with van der Waals surface area (Å²) >= 11 is 0. The molecule has 4 rings (SSSR count). The van der Waals surface area contributed by atoms with Crippen molar-refractivity contribution in [2.24, 2.45) is 11.8 Å². The fourth-order valence-corrected chi connectivity index (χ4v) is 5.15. The molecule has 2 amide bonds. The van der Waals surface area contributed by atoms with Crippen LogP contribution in [-0.4, -0.2) is 41.1 Å². The van der Waals surface area contributed by atoms with Crippen LogP contribution in [0.1, 0.15) is 44.1 Å². The van der Waals surface area contributed by atoms with Gasteiger partial charge in [0.05, 0.1) is 11.0 Å². The number of amides is 2. The zero-order chi connectivity index (χ0) is 24.6. The maximum atomic E-state index is 12.8. The topological polar surface area (TPSA) is 111 Å². The van der Waals surface area contributed by atoms with E-state index in [2.05, 4.69) is 5.32 Å². The Morgan fingerprint density at radius 1 is 1.00 bits per heavy atom. The summed E-state index contributed by atoms with van der Waals surface area (Å²) in [6.07, 6.45) is 5.61. The lowest BCUT2D eigenvalue weighted by atomic mass is 9.73. The van der Waals surface area contributed by atoms with Crippen LogP contribution in [0.5, 0.6) is 5.75 Å². The van der Waals surface area contributed by atoms with Gasteiger partial charge in [0.2, 0.25) is 0 Å². The SMILES string of the molecule is O=C(NC1CN(C(=O)OCc2ccccc2)CCC1C1CCCCC1)Oc1ccc([N+](=O)[O-])cc1. The first-order chi connectivity index (χ1) is 17.0. The molecule has 1 aliphatic heterocycles. The minimum absolute atomic E-state index is 0.0768. The molecule has 2 aliphatic rings. The molecule has 9 nitrogen and oxygen atoms in total. The molecule has 2 atom stereocenters. The minimum atomic E-state index is -0.635. The Kier molecular flexibility index (Phi) is 8.18. The van der Waals surface area contributed by atoms with Crippen LogP contribution >= 0.6 is 0 Å². The monoisotopic (exact) mass is 481 g/mol. The molecular formula is C26H31N3O6. The summed E-state index contributed by atoms with van der Waals surface area (Å²) in [4.78, 5) is 37.5. The fourth-order valence-electron chi connectivity index (χ4n) is 5.15. The average Bonchev–Trinajstić information content (AvgIpc) is 2.88. The van der Waals surface area contributed by atoms with Crippen LogP contribution in [-0.2, 0) is 11.3 Å². The summed E-state index contributed by atoms with van der Waals surface area (Å²) in [6, 6.07) is 14.6. The maximum absolute atomic E-state index is 12.8. The molecule has 1 N–H and O–H groups in total. The number of nitrogens with one attached hydrogen (secondary N) is 1. The van der Waals surface area contributed by atoms with Crippen molar-refractivity contribution in [2.75, 3.05) is 13.1 Å². The fraction of sp³-hybridized carbons (Fsp3) is 0.462. The van der Waals surface area contributed by atoms with Crippen LogP contribution in [0.25, 0.3) is 0 Å². The Labute approximate surface area is 204 Å². The average molecular weight is 482 g/mol. The Morgan fingerprint density at radius 3 is 2.40 bits per heavy atom. The predicted molar refractivity (Wildman–Crippen MR) is 129 cm³/mol. The molecule has 186 valence electrons. The first-order valence-corrected chi connectivity index (χ1v) is 12.2. The van der Waals surface area contributed by atoms with Gasteiger partial charge in [0.15, 0.2) is 0 Å². The van der Waals surface area contributed by atoms with Crippen molar-refractivity contribution in [3.8, 4) is 5.75 Å². The van der Waals surface area contributed by atoms with Crippen LogP contribution < -0.4 is 10.1 Å². The second kappa shape index (κ2) is 11.7. The van der Waals surface area contributed by atoms with Crippen molar-refractivity contribution in [1.29, 1.82) is 0 Å². The standard InChI is InChI=1S/C26H31N3O6/c30-25(35-22-13-11-21(12-14-22)29(32)33)27-24-17-28(16-15-23(24)20-9-5-2-6-10-20)26(31)34-18-19-7-3-1-4-8-19/h1,3-4,7-8,11-14,20,23-24H,2,5-6,9-10,15-18H2,(H,27,30). The van der Waals surface area contributed by atoms with Crippen molar-refractivity contribution in [2.45, 2.75) is 51.2 Å². The summed E-state index contributed by atoms with van der Waals surface area (Å²) in [5, 5.41) is 13.8. The van der Waals surface area contributed by atoms with Gasteiger partial charge in [0, 0.05) is 25.2 Å². The van der Waals surface area contributed by atoms with Crippen molar-refractivity contribution >= 4 is 17.9 Å². The van der Waals surface area contributed by atoms with Gasteiger partial charge in [-0.2, -0.15) is 0 Å². The number of carbonyl (C=O) groups is 2. The third-order valence-corrected chi connectivity index (χ3v) is 6.95. The molecular weight excluding hydrogens is 450 g/mol. The largest absolute Gasteiger partial charge is 0.445 e. The number of piperidine rings is 1. The van der Waals surface area contributed by atoms with Crippen molar-refractivity contribution in [3.63, 3.8) is 0 Å². The van der Waals surface area contributed by atoms with Crippen LogP contribution in [0.2, 0.25) is 0 Å². The van der Waals surface area contributed by atoms with E-state index in [1.165, 1.54) is 43.5 Å². The molecule has 1 aliphatic carbocycles. The number of nitrogens with zero attached hydrogens (tertiary/aromatic N) is 2. The van der Waals surface area contributed by atoms with Gasteiger partial charge in [-0.25, -0.2) is 9.59 Å². The summed E-state index contributed by atoms with van der Waals surface area (Å²) in [5.74, 6) is 0.964. The number of hydrogen-bond donors (Lipinski definition) is 1. The molecule has 0 radical (unpaired) electrons. The van der Waals surface area contributed by atoms with E-state index in [4.69, 9.17) is 9.47 Å². The van der Waals surface area contributed by atoms with Crippen molar-refractivity contribution < 1.29 is 24.0 Å². The van der Waals surface area contributed by atoms with Gasteiger partial charge in [-0.3, -0.25) is 10.1 Å². The third kappa shape index (κ3) is 6.71. The lowest BCUT2D eigenvalue weighted by molar-refractivity contribution is -0.384. The molecule has 1 saturated heterocycles. The van der Waals surface area contributed by atoms with Crippen LogP contribution in [0, 0.1) is 22.0 Å². The first-order valence-electron chi connectivity index (χ1n) is 12.2. The van der Waals surface area contributed by atoms with Gasteiger partial charge < -0.3 is 19.7 Å². The number of non-ortho nitro benzene ring substituents is 1. The van der Waals surface area contributed by atoms with Gasteiger partial charge in [-0.1, -0.05) is 62.4 Å². The Morgan fingerprint density at radius 2 is 1.71 bits per heavy atom. The molecule has 1 saturated carbocycles. The number of nitro groups is 1. The van der Waals surface area contributed by atoms with Gasteiger partial charge >= 0.3 is 12.2 Å². The van der Waals surface area contributed by atoms with E-state index in [1.807, 2.05) is 30.3 Å². The zero-order valence-corrected chi connectivity index (χ0v) is 19.6. The molecule has 1 heterocycles. The second-order valence-corrected chi connectivity index (χ2v) is 9.23. The van der Waals surface area contributed by atoms with Gasteiger partial charge in [-0.05, 0) is 36.0 Å². The highest BCUT2D eigenvalue weighted by Gasteiger charge is 2.38. The quantitative estimate of drug-likeness (QED) is 0.443. The highest BCUT2D eigenvalue weighted by Crippen LogP contribution is 2.36. The molecule has 2 unspecified atom stereocenters. The molecule has 2 aromatic rings. The summed E-state index contributed by atoms with van der Waals surface area (Å²) in [7, 11) is 0. The van der Waals surface area contributed by atoms with Crippen molar-refractivity contribution in [1.82, 2.24) is 10.2 Å².